The Kier molecular flexibility index (Phi) is 5.61. The van der Waals surface area contributed by atoms with Crippen molar-refractivity contribution in [1.29, 1.82) is 0 Å². The van der Waals surface area contributed by atoms with E-state index in [1.807, 2.05) is 20.8 Å². The molecule has 1 aromatic heterocycles. The van der Waals surface area contributed by atoms with Crippen LogP contribution in [0, 0.1) is 0 Å². The van der Waals surface area contributed by atoms with Crippen LogP contribution in [-0.2, 0) is 0 Å². The number of imidazole rings is 1. The first-order valence-corrected chi connectivity index (χ1v) is 4.03. The Morgan fingerprint density at radius 3 is 2.75 bits per heavy atom. The summed E-state index contributed by atoms with van der Waals surface area (Å²) in [7, 11) is 0. The van der Waals surface area contributed by atoms with Gasteiger partial charge in [-0.1, -0.05) is 20.4 Å². The Morgan fingerprint density at radius 2 is 2.25 bits per heavy atom. The maximum atomic E-state index is 4.00. The van der Waals surface area contributed by atoms with Crippen molar-refractivity contribution in [1.82, 2.24) is 9.66 Å². The van der Waals surface area contributed by atoms with Crippen LogP contribution in [0.2, 0.25) is 0 Å². The molecule has 0 radical (unpaired) electrons. The van der Waals surface area contributed by atoms with Gasteiger partial charge in [-0.3, -0.25) is 0 Å². The first kappa shape index (κ1) is 10.6. The predicted molar refractivity (Wildman–Crippen MR) is 53.2 cm³/mol. The SMILES string of the molecule is C=Cc1nccn1/N=C\C.CC. The van der Waals surface area contributed by atoms with Crippen molar-refractivity contribution in [3.63, 3.8) is 0 Å². The molecule has 0 spiro atoms. The molecule has 0 atom stereocenters. The van der Waals surface area contributed by atoms with E-state index in [1.165, 1.54) is 0 Å². The zero-order chi connectivity index (χ0) is 9.40. The number of nitrogens with zero attached hydrogens (tertiary/aromatic N) is 3. The molecule has 66 valence electrons. The zero-order valence-corrected chi connectivity index (χ0v) is 7.86. The summed E-state index contributed by atoms with van der Waals surface area (Å²) in [4.78, 5) is 3.98. The lowest BCUT2D eigenvalue weighted by Crippen LogP contribution is -1.89. The predicted octanol–water partition coefficient (Wildman–Crippen LogP) is 2.41. The third-order valence-corrected chi connectivity index (χ3v) is 1.07. The molecule has 1 heterocycles. The fourth-order valence-corrected chi connectivity index (χ4v) is 0.677. The van der Waals surface area contributed by atoms with Crippen molar-refractivity contribution in [3.05, 3.63) is 24.8 Å². The summed E-state index contributed by atoms with van der Waals surface area (Å²) in [6, 6.07) is 0. The molecule has 3 heteroatoms. The normalized spacial score (nSPS) is 9.25. The standard InChI is InChI=1S/C7H9N3.C2H6/c1-3-7-8-5-6-10(7)9-4-2;1-2/h3-6H,1H2,2H3;1-2H3/b9-4-;. The molecule has 12 heavy (non-hydrogen) atoms. The second-order valence-corrected chi connectivity index (χ2v) is 1.71. The lowest BCUT2D eigenvalue weighted by atomic mass is 10.6. The average molecular weight is 165 g/mol. The summed E-state index contributed by atoms with van der Waals surface area (Å²) in [5.74, 6) is 0.762. The smallest absolute Gasteiger partial charge is 0.152 e. The molecule has 0 saturated carbocycles. The van der Waals surface area contributed by atoms with E-state index in [0.717, 1.165) is 5.82 Å². The summed E-state index contributed by atoms with van der Waals surface area (Å²) in [5.41, 5.74) is 0. The van der Waals surface area contributed by atoms with Gasteiger partial charge in [-0.15, -0.1) is 0 Å². The Labute approximate surface area is 73.4 Å². The van der Waals surface area contributed by atoms with Crippen LogP contribution in [0.1, 0.15) is 26.6 Å². The molecular weight excluding hydrogens is 150 g/mol. The van der Waals surface area contributed by atoms with Crippen LogP contribution in [0.4, 0.5) is 0 Å². The number of aromatic nitrogens is 2. The molecule has 0 aliphatic rings. The molecule has 0 aliphatic carbocycles. The lowest BCUT2D eigenvalue weighted by molar-refractivity contribution is 0.866. The molecule has 0 N–H and O–H groups in total. The van der Waals surface area contributed by atoms with E-state index < -0.39 is 0 Å². The molecule has 1 aromatic rings. The highest BCUT2D eigenvalue weighted by Gasteiger charge is 1.91. The van der Waals surface area contributed by atoms with Gasteiger partial charge in [-0.2, -0.15) is 5.10 Å². The van der Waals surface area contributed by atoms with Crippen molar-refractivity contribution in [2.75, 3.05) is 0 Å². The summed E-state index contributed by atoms with van der Waals surface area (Å²) in [5, 5.41) is 4.00. The zero-order valence-electron chi connectivity index (χ0n) is 7.86. The molecule has 3 nitrogen and oxygen atoms in total. The lowest BCUT2D eigenvalue weighted by Gasteiger charge is -1.92. The van der Waals surface area contributed by atoms with E-state index in [1.54, 1.807) is 29.4 Å². The Balaban J connectivity index is 0.000000561. The van der Waals surface area contributed by atoms with Crippen LogP contribution in [0.5, 0.6) is 0 Å². The summed E-state index contributed by atoms with van der Waals surface area (Å²) < 4.78 is 1.66. The van der Waals surface area contributed by atoms with Gasteiger partial charge in [0.1, 0.15) is 0 Å². The molecule has 0 unspecified atom stereocenters. The molecular formula is C9H15N3. The van der Waals surface area contributed by atoms with Crippen molar-refractivity contribution >= 4 is 12.3 Å². The molecule has 0 aromatic carbocycles. The maximum Gasteiger partial charge on any atom is 0.152 e. The third-order valence-electron chi connectivity index (χ3n) is 1.07. The summed E-state index contributed by atoms with van der Waals surface area (Å²) in [6.07, 6.45) is 6.82. The van der Waals surface area contributed by atoms with Gasteiger partial charge in [0.25, 0.3) is 0 Å². The van der Waals surface area contributed by atoms with Gasteiger partial charge in [0.05, 0.1) is 0 Å². The first-order valence-electron chi connectivity index (χ1n) is 4.03. The quantitative estimate of drug-likeness (QED) is 0.619. The van der Waals surface area contributed by atoms with Crippen molar-refractivity contribution in [3.8, 4) is 0 Å². The topological polar surface area (TPSA) is 30.2 Å². The molecule has 0 bridgehead atoms. The third kappa shape index (κ3) is 2.70. The van der Waals surface area contributed by atoms with Gasteiger partial charge in [-0.05, 0) is 13.0 Å². The first-order chi connectivity index (χ1) is 5.88. The van der Waals surface area contributed by atoms with Gasteiger partial charge in [0.15, 0.2) is 5.82 Å². The monoisotopic (exact) mass is 165 g/mol. The minimum Gasteiger partial charge on any atom is -0.236 e. The van der Waals surface area contributed by atoms with Gasteiger partial charge in [0.2, 0.25) is 0 Å². The van der Waals surface area contributed by atoms with Crippen LogP contribution in [0.25, 0.3) is 6.08 Å². The number of rotatable bonds is 2. The minimum absolute atomic E-state index is 0.762. The van der Waals surface area contributed by atoms with Gasteiger partial charge in [-0.25, -0.2) is 9.66 Å². The minimum atomic E-state index is 0.762. The Hall–Kier alpha value is -1.38. The van der Waals surface area contributed by atoms with Crippen LogP contribution in [0.3, 0.4) is 0 Å². The Bertz CT molecular complexity index is 248. The maximum absolute atomic E-state index is 4.00. The summed E-state index contributed by atoms with van der Waals surface area (Å²) in [6.45, 7) is 9.44. The van der Waals surface area contributed by atoms with E-state index in [4.69, 9.17) is 0 Å². The van der Waals surface area contributed by atoms with Crippen LogP contribution in [-0.4, -0.2) is 15.9 Å². The molecule has 0 fully saturated rings. The second-order valence-electron chi connectivity index (χ2n) is 1.71. The van der Waals surface area contributed by atoms with E-state index in [9.17, 15) is 0 Å². The number of hydrogen-bond donors (Lipinski definition) is 0. The van der Waals surface area contributed by atoms with Crippen LogP contribution >= 0.6 is 0 Å². The highest BCUT2D eigenvalue weighted by atomic mass is 15.4. The van der Waals surface area contributed by atoms with E-state index in [0.29, 0.717) is 0 Å². The van der Waals surface area contributed by atoms with E-state index in [2.05, 4.69) is 16.7 Å². The van der Waals surface area contributed by atoms with Gasteiger partial charge >= 0.3 is 0 Å². The highest BCUT2D eigenvalue weighted by molar-refractivity contribution is 5.53. The van der Waals surface area contributed by atoms with Crippen LogP contribution in [0.15, 0.2) is 24.1 Å². The highest BCUT2D eigenvalue weighted by Crippen LogP contribution is 1.96. The summed E-state index contributed by atoms with van der Waals surface area (Å²) >= 11 is 0. The number of hydrogen-bond acceptors (Lipinski definition) is 2. The van der Waals surface area contributed by atoms with E-state index >= 15 is 0 Å². The fourth-order valence-electron chi connectivity index (χ4n) is 0.677. The van der Waals surface area contributed by atoms with Crippen molar-refractivity contribution in [2.45, 2.75) is 20.8 Å². The van der Waals surface area contributed by atoms with E-state index in [-0.39, 0.29) is 0 Å². The van der Waals surface area contributed by atoms with Gasteiger partial charge < -0.3 is 0 Å². The average Bonchev–Trinajstić information content (AvgIpc) is 2.56. The Morgan fingerprint density at radius 1 is 1.58 bits per heavy atom. The fraction of sp³-hybridized carbons (Fsp3) is 0.333. The molecule has 0 aliphatic heterocycles. The largest absolute Gasteiger partial charge is 0.236 e. The second kappa shape index (κ2) is 6.34. The molecule has 0 saturated heterocycles. The van der Waals surface area contributed by atoms with Gasteiger partial charge in [0, 0.05) is 18.6 Å². The molecule has 0 amide bonds. The van der Waals surface area contributed by atoms with Crippen LogP contribution < -0.4 is 0 Å². The van der Waals surface area contributed by atoms with Crippen molar-refractivity contribution in [2.24, 2.45) is 5.10 Å². The molecule has 1 rings (SSSR count). The van der Waals surface area contributed by atoms with Crippen molar-refractivity contribution < 1.29 is 0 Å².